The molecular weight excluding hydrogens is 254 g/mol. The fourth-order valence-electron chi connectivity index (χ4n) is 1.27. The first-order chi connectivity index (χ1) is 8.42. The van der Waals surface area contributed by atoms with Gasteiger partial charge in [0.25, 0.3) is 0 Å². The maximum atomic E-state index is 10.8. The van der Waals surface area contributed by atoms with Gasteiger partial charge in [0.15, 0.2) is 0 Å². The second kappa shape index (κ2) is 6.61. The molecule has 0 atom stereocenters. The van der Waals surface area contributed by atoms with Gasteiger partial charge in [-0.05, 0) is 51.1 Å². The molecule has 0 aliphatic heterocycles. The van der Waals surface area contributed by atoms with Crippen LogP contribution < -0.4 is 10.1 Å². The monoisotopic (exact) mass is 271 g/mol. The van der Waals surface area contributed by atoms with Crippen molar-refractivity contribution in [2.24, 2.45) is 0 Å². The zero-order chi connectivity index (χ0) is 13.6. The fraction of sp³-hybridized carbons (Fsp3) is 0.462. The number of hydrogen-bond acceptors (Lipinski definition) is 3. The van der Waals surface area contributed by atoms with Gasteiger partial charge >= 0.3 is 5.97 Å². The molecule has 2 N–H and O–H groups in total. The minimum Gasteiger partial charge on any atom is -0.494 e. The van der Waals surface area contributed by atoms with Crippen molar-refractivity contribution in [3.63, 3.8) is 0 Å². The van der Waals surface area contributed by atoms with Crippen molar-refractivity contribution in [3.05, 3.63) is 29.3 Å². The summed E-state index contributed by atoms with van der Waals surface area (Å²) in [4.78, 5) is 10.8. The first-order valence-electron chi connectivity index (χ1n) is 5.78. The van der Waals surface area contributed by atoms with E-state index < -0.39 is 11.5 Å². The number of carbonyl (C=O) groups is 1. The summed E-state index contributed by atoms with van der Waals surface area (Å²) < 4.78 is 5.49. The lowest BCUT2D eigenvalue weighted by molar-refractivity contribution is -0.143. The molecule has 18 heavy (non-hydrogen) atoms. The van der Waals surface area contributed by atoms with Crippen LogP contribution in [0.15, 0.2) is 24.3 Å². The highest BCUT2D eigenvalue weighted by molar-refractivity contribution is 6.30. The van der Waals surface area contributed by atoms with Gasteiger partial charge < -0.3 is 15.2 Å². The Morgan fingerprint density at radius 2 is 2.00 bits per heavy atom. The topological polar surface area (TPSA) is 58.6 Å². The number of rotatable bonds is 7. The smallest absolute Gasteiger partial charge is 0.323 e. The minimum atomic E-state index is -0.903. The van der Waals surface area contributed by atoms with E-state index in [0.717, 1.165) is 12.2 Å². The normalized spacial score (nSPS) is 11.3. The van der Waals surface area contributed by atoms with Crippen LogP contribution in [0.25, 0.3) is 0 Å². The number of carboxylic acid groups (broad SMARTS) is 1. The van der Waals surface area contributed by atoms with Gasteiger partial charge in [0.2, 0.25) is 0 Å². The van der Waals surface area contributed by atoms with Crippen LogP contribution in [0.1, 0.15) is 20.3 Å². The summed E-state index contributed by atoms with van der Waals surface area (Å²) in [5, 5.41) is 12.5. The second-order valence-corrected chi connectivity index (χ2v) is 4.95. The molecule has 0 spiro atoms. The van der Waals surface area contributed by atoms with Gasteiger partial charge in [-0.2, -0.15) is 0 Å². The Morgan fingerprint density at radius 1 is 1.39 bits per heavy atom. The third kappa shape index (κ3) is 4.94. The first-order valence-corrected chi connectivity index (χ1v) is 6.16. The number of ether oxygens (including phenoxy) is 1. The number of nitrogens with one attached hydrogen (secondary N) is 1. The molecular formula is C13H18ClNO3. The lowest BCUT2D eigenvalue weighted by Gasteiger charge is -2.20. The molecule has 1 aromatic rings. The average Bonchev–Trinajstić information content (AvgIpc) is 2.31. The van der Waals surface area contributed by atoms with E-state index in [0.29, 0.717) is 18.2 Å². The Balaban J connectivity index is 2.20. The maximum Gasteiger partial charge on any atom is 0.323 e. The molecule has 1 aromatic carbocycles. The molecule has 5 heteroatoms. The van der Waals surface area contributed by atoms with Gasteiger partial charge in [0.1, 0.15) is 11.3 Å². The van der Waals surface area contributed by atoms with Crippen molar-refractivity contribution in [2.45, 2.75) is 25.8 Å². The van der Waals surface area contributed by atoms with Crippen LogP contribution in [0.3, 0.4) is 0 Å². The maximum absolute atomic E-state index is 10.8. The molecule has 0 amide bonds. The molecule has 0 saturated heterocycles. The van der Waals surface area contributed by atoms with Crippen LogP contribution >= 0.6 is 11.6 Å². The van der Waals surface area contributed by atoms with Crippen molar-refractivity contribution >= 4 is 17.6 Å². The molecule has 0 heterocycles. The van der Waals surface area contributed by atoms with Crippen molar-refractivity contribution in [2.75, 3.05) is 13.2 Å². The van der Waals surface area contributed by atoms with E-state index in [-0.39, 0.29) is 0 Å². The predicted octanol–water partition coefficient (Wildman–Crippen LogP) is 2.56. The summed E-state index contributed by atoms with van der Waals surface area (Å²) >= 11 is 5.75. The Labute approximate surface area is 112 Å². The summed E-state index contributed by atoms with van der Waals surface area (Å²) in [6.07, 6.45) is 0.735. The molecule has 0 fully saturated rings. The molecule has 0 bridgehead atoms. The van der Waals surface area contributed by atoms with Crippen molar-refractivity contribution in [3.8, 4) is 5.75 Å². The van der Waals surface area contributed by atoms with Crippen LogP contribution in [0.2, 0.25) is 5.02 Å². The molecule has 100 valence electrons. The number of carboxylic acids is 1. The van der Waals surface area contributed by atoms with Gasteiger partial charge in [-0.3, -0.25) is 4.79 Å². The second-order valence-electron chi connectivity index (χ2n) is 4.51. The van der Waals surface area contributed by atoms with Crippen molar-refractivity contribution in [1.29, 1.82) is 0 Å². The molecule has 0 aliphatic rings. The van der Waals surface area contributed by atoms with Crippen LogP contribution in [-0.4, -0.2) is 29.8 Å². The predicted molar refractivity (Wildman–Crippen MR) is 71.3 cm³/mol. The highest BCUT2D eigenvalue weighted by Gasteiger charge is 2.25. The van der Waals surface area contributed by atoms with Crippen LogP contribution in [0.4, 0.5) is 0 Å². The number of hydrogen-bond donors (Lipinski definition) is 2. The van der Waals surface area contributed by atoms with Gasteiger partial charge in [-0.1, -0.05) is 11.6 Å². The molecule has 0 saturated carbocycles. The standard InChI is InChI=1S/C13H18ClNO3/c1-13(2,12(16)17)15-8-3-9-18-11-6-4-10(14)5-7-11/h4-7,15H,3,8-9H2,1-2H3,(H,16,17). The van der Waals surface area contributed by atoms with Crippen LogP contribution in [0, 0.1) is 0 Å². The summed E-state index contributed by atoms with van der Waals surface area (Å²) in [5.74, 6) is -0.0991. The molecule has 4 nitrogen and oxygen atoms in total. The third-order valence-electron chi connectivity index (χ3n) is 2.51. The summed E-state index contributed by atoms with van der Waals surface area (Å²) in [6, 6.07) is 7.14. The first kappa shape index (κ1) is 14.8. The number of benzene rings is 1. The van der Waals surface area contributed by atoms with Crippen LogP contribution in [-0.2, 0) is 4.79 Å². The zero-order valence-corrected chi connectivity index (χ0v) is 11.3. The quantitative estimate of drug-likeness (QED) is 0.749. The van der Waals surface area contributed by atoms with Crippen molar-refractivity contribution in [1.82, 2.24) is 5.32 Å². The van der Waals surface area contributed by atoms with Gasteiger partial charge in [0, 0.05) is 5.02 Å². The summed E-state index contributed by atoms with van der Waals surface area (Å²) in [5.41, 5.74) is -0.903. The molecule has 0 aromatic heterocycles. The third-order valence-corrected chi connectivity index (χ3v) is 2.76. The van der Waals surface area contributed by atoms with E-state index >= 15 is 0 Å². The van der Waals surface area contributed by atoms with E-state index in [4.69, 9.17) is 21.4 Å². The van der Waals surface area contributed by atoms with Crippen LogP contribution in [0.5, 0.6) is 5.75 Å². The van der Waals surface area contributed by atoms with E-state index in [2.05, 4.69) is 5.32 Å². The fourth-order valence-corrected chi connectivity index (χ4v) is 1.40. The van der Waals surface area contributed by atoms with E-state index in [1.54, 1.807) is 38.1 Å². The summed E-state index contributed by atoms with van der Waals surface area (Å²) in [7, 11) is 0. The van der Waals surface area contributed by atoms with Gasteiger partial charge in [0.05, 0.1) is 6.61 Å². The SMILES string of the molecule is CC(C)(NCCCOc1ccc(Cl)cc1)C(=O)O. The molecule has 0 radical (unpaired) electrons. The lowest BCUT2D eigenvalue weighted by Crippen LogP contribution is -2.47. The lowest BCUT2D eigenvalue weighted by atomic mass is 10.1. The zero-order valence-electron chi connectivity index (χ0n) is 10.6. The minimum absolute atomic E-state index is 0.532. The average molecular weight is 272 g/mol. The van der Waals surface area contributed by atoms with E-state index in [9.17, 15) is 4.79 Å². The summed E-state index contributed by atoms with van der Waals surface area (Å²) in [6.45, 7) is 4.39. The number of halogens is 1. The molecule has 0 aliphatic carbocycles. The Bertz CT molecular complexity index is 390. The Morgan fingerprint density at radius 3 is 2.56 bits per heavy atom. The molecule has 1 rings (SSSR count). The number of aliphatic carboxylic acids is 1. The van der Waals surface area contributed by atoms with Crippen molar-refractivity contribution < 1.29 is 14.6 Å². The Hall–Kier alpha value is -1.26. The Kier molecular flexibility index (Phi) is 5.44. The highest BCUT2D eigenvalue weighted by Crippen LogP contribution is 2.15. The highest BCUT2D eigenvalue weighted by atomic mass is 35.5. The van der Waals surface area contributed by atoms with Gasteiger partial charge in [-0.15, -0.1) is 0 Å². The molecule has 0 unspecified atom stereocenters. The van der Waals surface area contributed by atoms with E-state index in [1.807, 2.05) is 0 Å². The largest absolute Gasteiger partial charge is 0.494 e. The van der Waals surface area contributed by atoms with E-state index in [1.165, 1.54) is 0 Å². The van der Waals surface area contributed by atoms with Gasteiger partial charge in [-0.25, -0.2) is 0 Å².